The van der Waals surface area contributed by atoms with Crippen LogP contribution in [0.2, 0.25) is 0 Å². The molecule has 0 radical (unpaired) electrons. The lowest BCUT2D eigenvalue weighted by atomic mass is 9.92. The molecule has 0 fully saturated rings. The first kappa shape index (κ1) is 15.2. The van der Waals surface area contributed by atoms with Crippen molar-refractivity contribution >= 4 is 17.7 Å². The molecular formula is C13H23N5O. The van der Waals surface area contributed by atoms with E-state index < -0.39 is 5.41 Å². The Kier molecular flexibility index (Phi) is 5.09. The Morgan fingerprint density at radius 1 is 1.32 bits per heavy atom. The van der Waals surface area contributed by atoms with Gasteiger partial charge in [-0.05, 0) is 27.7 Å². The van der Waals surface area contributed by atoms with Crippen LogP contribution in [-0.4, -0.2) is 36.0 Å². The largest absolute Gasteiger partial charge is 0.369 e. The van der Waals surface area contributed by atoms with Gasteiger partial charge < -0.3 is 16.0 Å². The van der Waals surface area contributed by atoms with Crippen molar-refractivity contribution in [1.29, 1.82) is 0 Å². The molecule has 6 heteroatoms. The number of nitrogens with one attached hydrogen (secondary N) is 3. The van der Waals surface area contributed by atoms with Crippen LogP contribution in [-0.2, 0) is 4.79 Å². The second-order valence-electron chi connectivity index (χ2n) is 5.07. The summed E-state index contributed by atoms with van der Waals surface area (Å²) in [5.41, 5.74) is 0.387. The maximum Gasteiger partial charge on any atom is 0.227 e. The highest BCUT2D eigenvalue weighted by atomic mass is 16.2. The molecule has 0 saturated heterocycles. The highest BCUT2D eigenvalue weighted by Crippen LogP contribution is 2.17. The summed E-state index contributed by atoms with van der Waals surface area (Å²) in [5.74, 6) is 1.32. The molecule has 1 aromatic rings. The van der Waals surface area contributed by atoms with E-state index in [-0.39, 0.29) is 5.91 Å². The molecule has 0 aliphatic rings. The van der Waals surface area contributed by atoms with Crippen LogP contribution in [0.15, 0.2) is 6.07 Å². The molecule has 0 saturated carbocycles. The highest BCUT2D eigenvalue weighted by molar-refractivity contribution is 5.82. The second-order valence-corrected chi connectivity index (χ2v) is 5.07. The molecular weight excluding hydrogens is 242 g/mol. The zero-order valence-electron chi connectivity index (χ0n) is 12.3. The van der Waals surface area contributed by atoms with Crippen molar-refractivity contribution in [1.82, 2.24) is 15.3 Å². The minimum atomic E-state index is -0.494. The van der Waals surface area contributed by atoms with E-state index in [1.165, 1.54) is 0 Å². The fraction of sp³-hybridized carbons (Fsp3) is 0.615. The summed E-state index contributed by atoms with van der Waals surface area (Å²) in [5, 5.41) is 8.93. The maximum atomic E-state index is 11.7. The monoisotopic (exact) mass is 265 g/mol. The van der Waals surface area contributed by atoms with Gasteiger partial charge in [0, 0.05) is 31.9 Å². The van der Waals surface area contributed by atoms with Crippen molar-refractivity contribution in [2.75, 3.05) is 30.8 Å². The molecule has 1 rings (SSSR count). The number of hydrogen-bond donors (Lipinski definition) is 3. The lowest BCUT2D eigenvalue weighted by Crippen LogP contribution is -2.39. The number of nitrogens with zero attached hydrogens (tertiary/aromatic N) is 2. The highest BCUT2D eigenvalue weighted by Gasteiger charge is 2.26. The first-order chi connectivity index (χ1) is 8.89. The quantitative estimate of drug-likeness (QED) is 0.724. The lowest BCUT2D eigenvalue weighted by Gasteiger charge is -2.23. The first-order valence-electron chi connectivity index (χ1n) is 6.44. The lowest BCUT2D eigenvalue weighted by molar-refractivity contribution is -0.128. The molecule has 0 atom stereocenters. The van der Waals surface area contributed by atoms with Crippen LogP contribution >= 0.6 is 0 Å². The Labute approximate surface area is 114 Å². The van der Waals surface area contributed by atoms with E-state index in [4.69, 9.17) is 0 Å². The molecule has 19 heavy (non-hydrogen) atoms. The van der Waals surface area contributed by atoms with Crippen LogP contribution in [0.1, 0.15) is 26.5 Å². The van der Waals surface area contributed by atoms with Gasteiger partial charge in [0.05, 0.1) is 5.41 Å². The summed E-state index contributed by atoms with van der Waals surface area (Å²) < 4.78 is 0. The predicted molar refractivity (Wildman–Crippen MR) is 77.3 cm³/mol. The molecule has 106 valence electrons. The summed E-state index contributed by atoms with van der Waals surface area (Å²) in [6.45, 7) is 8.96. The number of carbonyl (C=O) groups is 1. The zero-order valence-corrected chi connectivity index (χ0v) is 12.3. The zero-order chi connectivity index (χ0) is 14.5. The van der Waals surface area contributed by atoms with E-state index >= 15 is 0 Å². The molecule has 3 N–H and O–H groups in total. The number of rotatable bonds is 6. The molecule has 0 unspecified atom stereocenters. The van der Waals surface area contributed by atoms with Gasteiger partial charge in [-0.3, -0.25) is 4.79 Å². The Morgan fingerprint density at radius 2 is 2.00 bits per heavy atom. The minimum Gasteiger partial charge on any atom is -0.369 e. The van der Waals surface area contributed by atoms with E-state index in [0.29, 0.717) is 12.5 Å². The van der Waals surface area contributed by atoms with E-state index in [1.807, 2.05) is 33.8 Å². The molecule has 6 nitrogen and oxygen atoms in total. The molecule has 1 amide bonds. The third kappa shape index (κ3) is 4.39. The summed E-state index contributed by atoms with van der Waals surface area (Å²) in [7, 11) is 1.64. The van der Waals surface area contributed by atoms with Crippen molar-refractivity contribution in [2.45, 2.75) is 27.7 Å². The number of carbonyl (C=O) groups excluding carboxylic acids is 1. The van der Waals surface area contributed by atoms with Crippen LogP contribution < -0.4 is 16.0 Å². The Hall–Kier alpha value is -1.85. The van der Waals surface area contributed by atoms with E-state index in [0.717, 1.165) is 18.1 Å². The van der Waals surface area contributed by atoms with E-state index in [9.17, 15) is 4.79 Å². The summed E-state index contributed by atoms with van der Waals surface area (Å²) in [6, 6.07) is 1.86. The van der Waals surface area contributed by atoms with E-state index in [1.54, 1.807) is 7.05 Å². The summed E-state index contributed by atoms with van der Waals surface area (Å²) >= 11 is 0. The number of hydrogen-bond acceptors (Lipinski definition) is 5. The van der Waals surface area contributed by atoms with Gasteiger partial charge in [0.1, 0.15) is 5.82 Å². The minimum absolute atomic E-state index is 0.00214. The fourth-order valence-corrected chi connectivity index (χ4v) is 1.63. The number of aryl methyl sites for hydroxylation is 1. The van der Waals surface area contributed by atoms with Crippen molar-refractivity contribution in [3.63, 3.8) is 0 Å². The molecule has 1 heterocycles. The number of anilines is 2. The molecule has 0 spiro atoms. The fourth-order valence-electron chi connectivity index (χ4n) is 1.63. The van der Waals surface area contributed by atoms with Gasteiger partial charge in [0.2, 0.25) is 11.9 Å². The van der Waals surface area contributed by atoms with Crippen LogP contribution in [0.4, 0.5) is 11.8 Å². The predicted octanol–water partition coefficient (Wildman–Crippen LogP) is 1.40. The molecule has 1 aromatic heterocycles. The topological polar surface area (TPSA) is 78.9 Å². The van der Waals surface area contributed by atoms with Gasteiger partial charge in [0.15, 0.2) is 0 Å². The van der Waals surface area contributed by atoms with Crippen LogP contribution in [0.5, 0.6) is 0 Å². The van der Waals surface area contributed by atoms with Gasteiger partial charge in [0.25, 0.3) is 0 Å². The first-order valence-corrected chi connectivity index (χ1v) is 6.44. The average molecular weight is 265 g/mol. The average Bonchev–Trinajstić information content (AvgIpc) is 2.35. The van der Waals surface area contributed by atoms with Crippen molar-refractivity contribution in [3.8, 4) is 0 Å². The number of amides is 1. The molecule has 0 aromatic carbocycles. The van der Waals surface area contributed by atoms with Gasteiger partial charge >= 0.3 is 0 Å². The molecule has 0 aliphatic heterocycles. The van der Waals surface area contributed by atoms with Gasteiger partial charge in [-0.15, -0.1) is 0 Å². The summed E-state index contributed by atoms with van der Waals surface area (Å²) in [4.78, 5) is 20.3. The van der Waals surface area contributed by atoms with Gasteiger partial charge in [-0.1, -0.05) is 0 Å². The van der Waals surface area contributed by atoms with Crippen molar-refractivity contribution in [3.05, 3.63) is 11.8 Å². The van der Waals surface area contributed by atoms with Crippen LogP contribution in [0.25, 0.3) is 0 Å². The third-order valence-electron chi connectivity index (χ3n) is 2.74. The smallest absolute Gasteiger partial charge is 0.227 e. The van der Waals surface area contributed by atoms with Gasteiger partial charge in [-0.2, -0.15) is 4.98 Å². The Balaban J connectivity index is 2.74. The Morgan fingerprint density at radius 3 is 2.58 bits per heavy atom. The van der Waals surface area contributed by atoms with Crippen molar-refractivity contribution < 1.29 is 4.79 Å². The standard InChI is InChI=1S/C13H23N5O/c1-6-15-12-17-9(2)7-10(18-12)16-8-13(3,4)11(19)14-5/h7H,6,8H2,1-5H3,(H,14,19)(H2,15,16,17,18). The normalized spacial score (nSPS) is 11.0. The van der Waals surface area contributed by atoms with Crippen molar-refractivity contribution in [2.24, 2.45) is 5.41 Å². The third-order valence-corrected chi connectivity index (χ3v) is 2.74. The molecule has 0 bridgehead atoms. The van der Waals surface area contributed by atoms with Crippen LogP contribution in [0, 0.1) is 12.3 Å². The number of aromatic nitrogens is 2. The maximum absolute atomic E-state index is 11.7. The SMILES string of the molecule is CCNc1nc(C)cc(NCC(C)(C)C(=O)NC)n1. The van der Waals surface area contributed by atoms with Gasteiger partial charge in [-0.25, -0.2) is 4.98 Å². The Bertz CT molecular complexity index is 445. The van der Waals surface area contributed by atoms with Crippen LogP contribution in [0.3, 0.4) is 0 Å². The molecule has 0 aliphatic carbocycles. The second kappa shape index (κ2) is 6.36. The van der Waals surface area contributed by atoms with E-state index in [2.05, 4.69) is 25.9 Å². The summed E-state index contributed by atoms with van der Waals surface area (Å²) in [6.07, 6.45) is 0.